The Morgan fingerprint density at radius 1 is 0.415 bits per heavy atom. The molecular formula is C46H63N3O2Si2. The summed E-state index contributed by atoms with van der Waals surface area (Å²) in [6, 6.07) is 46.9. The van der Waals surface area contributed by atoms with E-state index in [1.807, 2.05) is 0 Å². The first kappa shape index (κ1) is 38.4. The second kappa shape index (κ2) is 16.1. The third-order valence-corrected chi connectivity index (χ3v) is 22.6. The number of hydrogen-bond donors (Lipinski definition) is 3. The fourth-order valence-electron chi connectivity index (χ4n) is 10.0. The molecule has 0 bridgehead atoms. The fourth-order valence-corrected chi connectivity index (χ4v) is 19.2. The van der Waals surface area contributed by atoms with Gasteiger partial charge >= 0.3 is 0 Å². The van der Waals surface area contributed by atoms with Crippen LogP contribution in [-0.2, 0) is 8.85 Å². The molecule has 3 saturated heterocycles. The van der Waals surface area contributed by atoms with Crippen LogP contribution in [0.4, 0.5) is 0 Å². The Bertz CT molecular complexity index is 1520. The van der Waals surface area contributed by atoms with Gasteiger partial charge in [-0.05, 0) is 69.3 Å². The maximum atomic E-state index is 7.34. The summed E-state index contributed by atoms with van der Waals surface area (Å²) in [5.41, 5.74) is 0. The molecule has 0 aliphatic carbocycles. The second-order valence-electron chi connectivity index (χ2n) is 18.0. The minimum atomic E-state index is -2.55. The second-order valence-corrected chi connectivity index (χ2v) is 26.6. The molecule has 0 spiro atoms. The fraction of sp³-hybridized carbons (Fsp3) is 0.478. The summed E-state index contributed by atoms with van der Waals surface area (Å²) in [5, 5.41) is 17.6. The van der Waals surface area contributed by atoms with Crippen molar-refractivity contribution < 1.29 is 8.85 Å². The van der Waals surface area contributed by atoms with E-state index in [0.717, 1.165) is 26.1 Å². The Labute approximate surface area is 321 Å². The molecule has 3 heterocycles. The van der Waals surface area contributed by atoms with Crippen LogP contribution in [-0.4, -0.2) is 66.1 Å². The quantitative estimate of drug-likeness (QED) is 0.145. The zero-order chi connectivity index (χ0) is 37.1. The van der Waals surface area contributed by atoms with Gasteiger partial charge in [-0.25, -0.2) is 0 Å². The van der Waals surface area contributed by atoms with Gasteiger partial charge in [-0.1, -0.05) is 163 Å². The van der Waals surface area contributed by atoms with Crippen LogP contribution in [0.1, 0.15) is 80.1 Å². The molecule has 4 aromatic carbocycles. The molecule has 3 N–H and O–H groups in total. The summed E-state index contributed by atoms with van der Waals surface area (Å²) in [7, 11) is -5.09. The highest BCUT2D eigenvalue weighted by atomic mass is 28.4. The molecule has 4 aromatic rings. The first-order valence-corrected chi connectivity index (χ1v) is 24.1. The smallest absolute Gasteiger partial charge is 0.261 e. The standard InChI is InChI=1S/C46H63N3O2Si2/c1-45(2,3)52(37-19-11-7-12-20-37,38-21-13-8-14-22-38)50-33-35-27-29-41(47-35)43-31-32-44(49-43)42-30-28-36(48-42)34-51-53(46(4,5)6,39-23-15-9-16-24-39)40-25-17-10-18-26-40/h7-26,35-36,41-44,47-49H,27-34H2,1-6H3/t35-,36-,41-,42-,43-,44-/m0/s1. The average molecular weight is 746 g/mol. The Morgan fingerprint density at radius 3 is 0.962 bits per heavy atom. The molecule has 5 nitrogen and oxygen atoms in total. The third kappa shape index (κ3) is 7.81. The lowest BCUT2D eigenvalue weighted by molar-refractivity contribution is 0.251. The van der Waals surface area contributed by atoms with Crippen LogP contribution in [0.3, 0.4) is 0 Å². The van der Waals surface area contributed by atoms with E-state index in [9.17, 15) is 0 Å². The predicted molar refractivity (Wildman–Crippen MR) is 227 cm³/mol. The van der Waals surface area contributed by atoms with Crippen LogP contribution in [0.25, 0.3) is 0 Å². The van der Waals surface area contributed by atoms with Crippen molar-refractivity contribution in [3.8, 4) is 0 Å². The summed E-state index contributed by atoms with van der Waals surface area (Å²) in [4.78, 5) is 0. The molecular weight excluding hydrogens is 683 g/mol. The van der Waals surface area contributed by atoms with Crippen molar-refractivity contribution in [2.24, 2.45) is 0 Å². The van der Waals surface area contributed by atoms with E-state index in [1.54, 1.807) is 0 Å². The van der Waals surface area contributed by atoms with Gasteiger partial charge in [-0.2, -0.15) is 0 Å². The van der Waals surface area contributed by atoms with Crippen LogP contribution in [0.2, 0.25) is 10.1 Å². The highest BCUT2D eigenvalue weighted by Crippen LogP contribution is 2.39. The van der Waals surface area contributed by atoms with Crippen molar-refractivity contribution in [3.63, 3.8) is 0 Å². The Morgan fingerprint density at radius 2 is 0.679 bits per heavy atom. The Hall–Kier alpha value is -2.89. The molecule has 7 rings (SSSR count). The van der Waals surface area contributed by atoms with E-state index in [1.165, 1.54) is 46.4 Å². The summed E-state index contributed by atoms with van der Waals surface area (Å²) < 4.78 is 14.7. The molecule has 0 saturated carbocycles. The molecule has 3 aliphatic heterocycles. The molecule has 0 unspecified atom stereocenters. The lowest BCUT2D eigenvalue weighted by atomic mass is 10.0. The number of hydrogen-bond acceptors (Lipinski definition) is 5. The number of benzene rings is 4. The van der Waals surface area contributed by atoms with E-state index in [0.29, 0.717) is 36.3 Å². The molecule has 7 heteroatoms. The van der Waals surface area contributed by atoms with Crippen LogP contribution in [0.15, 0.2) is 121 Å². The highest BCUT2D eigenvalue weighted by Gasteiger charge is 2.52. The third-order valence-electron chi connectivity index (χ3n) is 12.6. The van der Waals surface area contributed by atoms with Gasteiger partial charge in [-0.15, -0.1) is 0 Å². The van der Waals surface area contributed by atoms with E-state index >= 15 is 0 Å². The first-order valence-electron chi connectivity index (χ1n) is 20.3. The van der Waals surface area contributed by atoms with Crippen molar-refractivity contribution in [3.05, 3.63) is 121 Å². The number of nitrogens with one attached hydrogen (secondary N) is 3. The molecule has 3 fully saturated rings. The molecule has 0 amide bonds. The SMILES string of the molecule is CC(C)(C)[Si](OC[C@@H]1CC[C@@H]([C@@H]2CC[C@@H]([C@@H]3CC[C@@H](CO[Si](c4ccccc4)(c4ccccc4)C(C)(C)C)N3)N2)N1)(c1ccccc1)c1ccccc1. The van der Waals surface area contributed by atoms with E-state index < -0.39 is 16.6 Å². The van der Waals surface area contributed by atoms with Gasteiger partial charge in [0.1, 0.15) is 0 Å². The lowest BCUT2D eigenvalue weighted by Gasteiger charge is -2.43. The van der Waals surface area contributed by atoms with Gasteiger partial charge < -0.3 is 24.8 Å². The minimum absolute atomic E-state index is 0.00928. The van der Waals surface area contributed by atoms with E-state index in [2.05, 4.69) is 179 Å². The molecule has 0 radical (unpaired) electrons. The lowest BCUT2D eigenvalue weighted by Crippen LogP contribution is -2.67. The van der Waals surface area contributed by atoms with Crippen LogP contribution in [0.5, 0.6) is 0 Å². The van der Waals surface area contributed by atoms with Crippen molar-refractivity contribution >= 4 is 37.4 Å². The van der Waals surface area contributed by atoms with Gasteiger partial charge in [-0.3, -0.25) is 0 Å². The topological polar surface area (TPSA) is 54.6 Å². The van der Waals surface area contributed by atoms with Gasteiger partial charge in [0.25, 0.3) is 16.6 Å². The molecule has 0 aromatic heterocycles. The van der Waals surface area contributed by atoms with E-state index in [-0.39, 0.29) is 10.1 Å². The van der Waals surface area contributed by atoms with E-state index in [4.69, 9.17) is 8.85 Å². The first-order chi connectivity index (χ1) is 25.5. The normalized spacial score (nSPS) is 25.5. The Balaban J connectivity index is 0.964. The summed E-state index contributed by atoms with van der Waals surface area (Å²) >= 11 is 0. The molecule has 53 heavy (non-hydrogen) atoms. The monoisotopic (exact) mass is 745 g/mol. The van der Waals surface area contributed by atoms with Crippen LogP contribution >= 0.6 is 0 Å². The average Bonchev–Trinajstić information content (AvgIpc) is 3.95. The zero-order valence-electron chi connectivity index (χ0n) is 33.0. The minimum Gasteiger partial charge on any atom is -0.406 e. The van der Waals surface area contributed by atoms with Gasteiger partial charge in [0.15, 0.2) is 0 Å². The van der Waals surface area contributed by atoms with Crippen molar-refractivity contribution in [1.82, 2.24) is 16.0 Å². The maximum absolute atomic E-state index is 7.34. The largest absolute Gasteiger partial charge is 0.406 e. The molecule has 282 valence electrons. The van der Waals surface area contributed by atoms with Crippen molar-refractivity contribution in [2.45, 2.75) is 126 Å². The maximum Gasteiger partial charge on any atom is 0.261 e. The van der Waals surface area contributed by atoms with Gasteiger partial charge in [0.2, 0.25) is 0 Å². The van der Waals surface area contributed by atoms with Crippen LogP contribution < -0.4 is 36.7 Å². The Kier molecular flexibility index (Phi) is 11.6. The van der Waals surface area contributed by atoms with Crippen molar-refractivity contribution in [2.75, 3.05) is 13.2 Å². The highest BCUT2D eigenvalue weighted by molar-refractivity contribution is 7.00. The van der Waals surface area contributed by atoms with Gasteiger partial charge in [0.05, 0.1) is 13.2 Å². The van der Waals surface area contributed by atoms with Gasteiger partial charge in [0, 0.05) is 36.3 Å². The van der Waals surface area contributed by atoms with Crippen LogP contribution in [0, 0.1) is 0 Å². The summed E-state index contributed by atoms with van der Waals surface area (Å²) in [6.07, 6.45) is 7.18. The number of rotatable bonds is 12. The molecule has 3 aliphatic rings. The summed E-state index contributed by atoms with van der Waals surface area (Å²) in [5.74, 6) is 0. The molecule has 6 atom stereocenters. The summed E-state index contributed by atoms with van der Waals surface area (Å²) in [6.45, 7) is 15.7. The predicted octanol–water partition coefficient (Wildman–Crippen LogP) is 6.50. The van der Waals surface area contributed by atoms with Crippen molar-refractivity contribution in [1.29, 1.82) is 0 Å². The zero-order valence-corrected chi connectivity index (χ0v) is 35.0.